The number of carbonyl (C=O) groups is 1. The van der Waals surface area contributed by atoms with Crippen LogP contribution in [0.5, 0.6) is 5.75 Å². The van der Waals surface area contributed by atoms with Crippen LogP contribution in [-0.2, 0) is 4.74 Å². The Balaban J connectivity index is 1.65. The summed E-state index contributed by atoms with van der Waals surface area (Å²) in [5.41, 5.74) is 0. The lowest BCUT2D eigenvalue weighted by atomic mass is 10.2. The maximum atomic E-state index is 13.4. The van der Waals surface area contributed by atoms with E-state index in [1.54, 1.807) is 25.2 Å². The van der Waals surface area contributed by atoms with Crippen LogP contribution in [0, 0.1) is 5.82 Å². The molecule has 1 N–H and O–H groups in total. The molecule has 0 aliphatic carbocycles. The molecule has 0 bridgehead atoms. The fourth-order valence-electron chi connectivity index (χ4n) is 2.47. The minimum Gasteiger partial charge on any atom is -0.489 e. The van der Waals surface area contributed by atoms with Crippen molar-refractivity contribution in [1.82, 2.24) is 15.1 Å². The normalized spacial score (nSPS) is 16.5. The van der Waals surface area contributed by atoms with Crippen molar-refractivity contribution in [3.05, 3.63) is 30.1 Å². The number of hydrogen-bond donors (Lipinski definition) is 1. The van der Waals surface area contributed by atoms with E-state index in [0.29, 0.717) is 13.1 Å². The predicted molar refractivity (Wildman–Crippen MR) is 89.8 cm³/mol. The van der Waals surface area contributed by atoms with E-state index < -0.39 is 5.82 Å². The van der Waals surface area contributed by atoms with Crippen LogP contribution in [0.2, 0.25) is 0 Å². The second kappa shape index (κ2) is 9.44. The topological polar surface area (TPSA) is 54.0 Å². The average molecular weight is 339 g/mol. The van der Waals surface area contributed by atoms with Crippen LogP contribution in [0.25, 0.3) is 0 Å². The van der Waals surface area contributed by atoms with Crippen molar-refractivity contribution < 1.29 is 18.7 Å². The third kappa shape index (κ3) is 5.65. The van der Waals surface area contributed by atoms with Crippen molar-refractivity contribution in [1.29, 1.82) is 0 Å². The van der Waals surface area contributed by atoms with Crippen molar-refractivity contribution in [3.8, 4) is 5.75 Å². The minimum atomic E-state index is -0.399. The van der Waals surface area contributed by atoms with Gasteiger partial charge in [0.25, 0.3) is 0 Å². The van der Waals surface area contributed by atoms with Gasteiger partial charge in [-0.3, -0.25) is 4.90 Å². The first-order valence-corrected chi connectivity index (χ1v) is 8.26. The van der Waals surface area contributed by atoms with Gasteiger partial charge in [-0.05, 0) is 19.1 Å². The lowest BCUT2D eigenvalue weighted by Gasteiger charge is -2.32. The summed E-state index contributed by atoms with van der Waals surface area (Å²) < 4.78 is 24.1. The van der Waals surface area contributed by atoms with E-state index in [2.05, 4.69) is 17.1 Å². The summed E-state index contributed by atoms with van der Waals surface area (Å²) in [6.07, 6.45) is 0. The molecule has 0 radical (unpaired) electrons. The number of benzene rings is 1. The van der Waals surface area contributed by atoms with E-state index in [-0.39, 0.29) is 24.4 Å². The highest BCUT2D eigenvalue weighted by atomic mass is 19.1. The number of carbonyl (C=O) groups excluding carboxylic acids is 1. The standard InChI is InChI=1S/C17H26FN3O3/c1-14(21-8-10-23-11-9-21)13-19-17(22)20(2)7-12-24-16-6-4-3-5-15(16)18/h3-6,14H,7-13H2,1-2H3,(H,19,22). The number of morpholine rings is 1. The van der Waals surface area contributed by atoms with Gasteiger partial charge in [0, 0.05) is 32.7 Å². The van der Waals surface area contributed by atoms with Crippen LogP contribution >= 0.6 is 0 Å². The van der Waals surface area contributed by atoms with Gasteiger partial charge < -0.3 is 19.7 Å². The van der Waals surface area contributed by atoms with Crippen molar-refractivity contribution in [2.75, 3.05) is 53.0 Å². The number of nitrogens with zero attached hydrogens (tertiary/aromatic N) is 2. The van der Waals surface area contributed by atoms with Gasteiger partial charge in [0.2, 0.25) is 0 Å². The summed E-state index contributed by atoms with van der Waals surface area (Å²) in [6.45, 7) is 6.56. The Morgan fingerprint density at radius 3 is 2.83 bits per heavy atom. The molecule has 134 valence electrons. The zero-order valence-corrected chi connectivity index (χ0v) is 14.3. The largest absolute Gasteiger partial charge is 0.489 e. The van der Waals surface area contributed by atoms with Crippen LogP contribution in [0.15, 0.2) is 24.3 Å². The van der Waals surface area contributed by atoms with E-state index >= 15 is 0 Å². The van der Waals surface area contributed by atoms with Gasteiger partial charge in [-0.15, -0.1) is 0 Å². The molecule has 6 nitrogen and oxygen atoms in total. The number of rotatable bonds is 7. The van der Waals surface area contributed by atoms with E-state index in [4.69, 9.17) is 9.47 Å². The fraction of sp³-hybridized carbons (Fsp3) is 0.588. The molecule has 1 aromatic rings. The Morgan fingerprint density at radius 2 is 2.12 bits per heavy atom. The first-order chi connectivity index (χ1) is 11.6. The number of para-hydroxylation sites is 1. The predicted octanol–water partition coefficient (Wildman–Crippen LogP) is 1.57. The summed E-state index contributed by atoms with van der Waals surface area (Å²) in [6, 6.07) is 6.34. The number of halogens is 1. The van der Waals surface area contributed by atoms with Crippen molar-refractivity contribution >= 4 is 6.03 Å². The molecule has 1 heterocycles. The molecule has 1 saturated heterocycles. The van der Waals surface area contributed by atoms with Crippen molar-refractivity contribution in [3.63, 3.8) is 0 Å². The molecule has 2 rings (SSSR count). The summed E-state index contributed by atoms with van der Waals surface area (Å²) in [5.74, 6) is -0.198. The van der Waals surface area contributed by atoms with Gasteiger partial charge in [-0.2, -0.15) is 0 Å². The molecule has 1 fully saturated rings. The molecule has 0 aromatic heterocycles. The third-order valence-electron chi connectivity index (χ3n) is 4.09. The molecular weight excluding hydrogens is 313 g/mol. The van der Waals surface area contributed by atoms with Gasteiger partial charge in [0.1, 0.15) is 6.61 Å². The third-order valence-corrected chi connectivity index (χ3v) is 4.09. The van der Waals surface area contributed by atoms with E-state index in [9.17, 15) is 9.18 Å². The quantitative estimate of drug-likeness (QED) is 0.819. The number of amides is 2. The molecule has 1 atom stereocenters. The Bertz CT molecular complexity index is 524. The Labute approximate surface area is 142 Å². The smallest absolute Gasteiger partial charge is 0.317 e. The summed E-state index contributed by atoms with van der Waals surface area (Å²) >= 11 is 0. The summed E-state index contributed by atoms with van der Waals surface area (Å²) in [5, 5.41) is 2.91. The maximum absolute atomic E-state index is 13.4. The van der Waals surface area contributed by atoms with Gasteiger partial charge in [-0.25, -0.2) is 9.18 Å². The van der Waals surface area contributed by atoms with Gasteiger partial charge in [0.05, 0.1) is 19.8 Å². The highest BCUT2D eigenvalue weighted by Gasteiger charge is 2.18. The lowest BCUT2D eigenvalue weighted by molar-refractivity contribution is 0.0207. The molecule has 0 spiro atoms. The van der Waals surface area contributed by atoms with Crippen LogP contribution < -0.4 is 10.1 Å². The fourth-order valence-corrected chi connectivity index (χ4v) is 2.47. The Kier molecular flexibility index (Phi) is 7.27. The van der Waals surface area contributed by atoms with Gasteiger partial charge in [0.15, 0.2) is 11.6 Å². The monoisotopic (exact) mass is 339 g/mol. The first-order valence-electron chi connectivity index (χ1n) is 8.26. The summed E-state index contributed by atoms with van der Waals surface area (Å²) in [7, 11) is 1.69. The molecule has 1 aliphatic rings. The molecule has 1 aromatic carbocycles. The number of nitrogens with one attached hydrogen (secondary N) is 1. The molecule has 1 unspecified atom stereocenters. The van der Waals surface area contributed by atoms with Crippen molar-refractivity contribution in [2.24, 2.45) is 0 Å². The van der Waals surface area contributed by atoms with Crippen LogP contribution in [0.1, 0.15) is 6.92 Å². The number of urea groups is 1. The van der Waals surface area contributed by atoms with Crippen LogP contribution in [-0.4, -0.2) is 74.9 Å². The second-order valence-electron chi connectivity index (χ2n) is 5.88. The Morgan fingerprint density at radius 1 is 1.42 bits per heavy atom. The lowest BCUT2D eigenvalue weighted by Crippen LogP contribution is -2.49. The van der Waals surface area contributed by atoms with E-state index in [0.717, 1.165) is 26.3 Å². The molecule has 24 heavy (non-hydrogen) atoms. The number of ether oxygens (including phenoxy) is 2. The molecule has 1 aliphatic heterocycles. The highest BCUT2D eigenvalue weighted by Crippen LogP contribution is 2.14. The molecule has 2 amide bonds. The molecule has 0 saturated carbocycles. The summed E-state index contributed by atoms with van der Waals surface area (Å²) in [4.78, 5) is 15.9. The minimum absolute atomic E-state index is 0.160. The zero-order chi connectivity index (χ0) is 17.4. The highest BCUT2D eigenvalue weighted by molar-refractivity contribution is 5.73. The van der Waals surface area contributed by atoms with Crippen molar-refractivity contribution in [2.45, 2.75) is 13.0 Å². The number of hydrogen-bond acceptors (Lipinski definition) is 4. The van der Waals surface area contributed by atoms with Gasteiger partial charge >= 0.3 is 6.03 Å². The Hall–Kier alpha value is -1.86. The second-order valence-corrected chi connectivity index (χ2v) is 5.88. The zero-order valence-electron chi connectivity index (χ0n) is 14.3. The SMILES string of the molecule is CC(CNC(=O)N(C)CCOc1ccccc1F)N1CCOCC1. The van der Waals surface area contributed by atoms with Crippen LogP contribution in [0.4, 0.5) is 9.18 Å². The maximum Gasteiger partial charge on any atom is 0.317 e. The molecular formula is C17H26FN3O3. The van der Waals surface area contributed by atoms with E-state index in [1.165, 1.54) is 11.0 Å². The van der Waals surface area contributed by atoms with E-state index in [1.807, 2.05) is 0 Å². The first kappa shape index (κ1) is 18.5. The number of likely N-dealkylation sites (N-methyl/N-ethyl adjacent to an activating group) is 1. The van der Waals surface area contributed by atoms with Gasteiger partial charge in [-0.1, -0.05) is 12.1 Å². The average Bonchev–Trinajstić information content (AvgIpc) is 2.61. The molecule has 7 heteroatoms. The van der Waals surface area contributed by atoms with Crippen LogP contribution in [0.3, 0.4) is 0 Å².